The predicted octanol–water partition coefficient (Wildman–Crippen LogP) is 6.50. The van der Waals surface area contributed by atoms with Crippen LogP contribution in [0.3, 0.4) is 0 Å². The minimum Gasteiger partial charge on any atom is -0.497 e. The Hall–Kier alpha value is -3.67. The first-order chi connectivity index (χ1) is 17.9. The number of rotatable bonds is 6. The highest BCUT2D eigenvalue weighted by atomic mass is 16.5. The molecule has 1 saturated heterocycles. The summed E-state index contributed by atoms with van der Waals surface area (Å²) >= 11 is 0. The van der Waals surface area contributed by atoms with Crippen LogP contribution in [0.4, 0.5) is 11.6 Å². The van der Waals surface area contributed by atoms with E-state index in [0.29, 0.717) is 17.8 Å². The van der Waals surface area contributed by atoms with Gasteiger partial charge in [-0.3, -0.25) is 4.57 Å². The van der Waals surface area contributed by atoms with Gasteiger partial charge in [0.15, 0.2) is 0 Å². The molecule has 4 aromatic rings. The largest absolute Gasteiger partial charge is 0.497 e. The smallest absolute Gasteiger partial charge is 0.148 e. The summed E-state index contributed by atoms with van der Waals surface area (Å²) in [5.41, 5.74) is 13.7. The SMILES string of the molecule is COc1ccc(COc2ccc(C)c(-n3c(N)cc4cc(C)c(N5CCC6(CC5)CC6)nc43)c2C)cc1. The van der Waals surface area contributed by atoms with E-state index in [4.69, 9.17) is 20.2 Å². The maximum atomic E-state index is 6.64. The van der Waals surface area contributed by atoms with Crippen molar-refractivity contribution in [3.05, 3.63) is 70.8 Å². The molecule has 2 N–H and O–H groups in total. The van der Waals surface area contributed by atoms with Crippen LogP contribution in [0, 0.1) is 26.2 Å². The third-order valence-electron chi connectivity index (χ3n) is 8.41. The zero-order valence-electron chi connectivity index (χ0n) is 22.3. The number of anilines is 2. The van der Waals surface area contributed by atoms with Crippen molar-refractivity contribution in [2.45, 2.75) is 53.1 Å². The Labute approximate surface area is 219 Å². The number of nitrogens with two attached hydrogens (primary N) is 1. The lowest BCUT2D eigenvalue weighted by molar-refractivity contribution is 0.303. The summed E-state index contributed by atoms with van der Waals surface area (Å²) in [5, 5.41) is 1.07. The Kier molecular flexibility index (Phi) is 5.78. The lowest BCUT2D eigenvalue weighted by atomic mass is 9.93. The molecule has 2 fully saturated rings. The number of ether oxygens (including phenoxy) is 2. The Morgan fingerprint density at radius 2 is 1.65 bits per heavy atom. The summed E-state index contributed by atoms with van der Waals surface area (Å²) in [6.45, 7) is 9.04. The second kappa shape index (κ2) is 9.02. The van der Waals surface area contributed by atoms with Gasteiger partial charge in [-0.05, 0) is 98.9 Å². The highest BCUT2D eigenvalue weighted by Gasteiger charge is 2.44. The number of aromatic nitrogens is 2. The van der Waals surface area contributed by atoms with Gasteiger partial charge >= 0.3 is 0 Å². The standard InChI is InChI=1S/C31H36N4O2/c1-20-5-10-26(37-19-23-6-8-25(36-4)9-7-23)22(3)28(20)35-27(32)18-24-17-21(2)29(33-30(24)35)34-15-13-31(11-12-31)14-16-34/h5-10,17-18H,11-16,19,32H2,1-4H3. The predicted molar refractivity (Wildman–Crippen MR) is 150 cm³/mol. The van der Waals surface area contributed by atoms with Gasteiger partial charge in [0.2, 0.25) is 0 Å². The molecular formula is C31H36N4O2. The van der Waals surface area contributed by atoms with Crippen LogP contribution in [0.15, 0.2) is 48.5 Å². The molecule has 1 aliphatic carbocycles. The molecule has 192 valence electrons. The normalized spacial score (nSPS) is 16.4. The second-order valence-corrected chi connectivity index (χ2v) is 10.9. The summed E-state index contributed by atoms with van der Waals surface area (Å²) in [6, 6.07) is 16.4. The molecule has 6 heteroatoms. The van der Waals surface area contributed by atoms with Gasteiger partial charge in [-0.25, -0.2) is 4.98 Å². The van der Waals surface area contributed by atoms with Crippen molar-refractivity contribution in [1.82, 2.24) is 9.55 Å². The average molecular weight is 497 g/mol. The van der Waals surface area contributed by atoms with E-state index in [1.54, 1.807) is 7.11 Å². The van der Waals surface area contributed by atoms with Crippen molar-refractivity contribution in [1.29, 1.82) is 0 Å². The van der Waals surface area contributed by atoms with E-state index >= 15 is 0 Å². The number of aryl methyl sites for hydroxylation is 2. The second-order valence-electron chi connectivity index (χ2n) is 10.9. The number of hydrogen-bond acceptors (Lipinski definition) is 5. The Bertz CT molecular complexity index is 1460. The molecule has 2 aliphatic rings. The first kappa shape index (κ1) is 23.7. The molecule has 0 atom stereocenters. The molecule has 2 aromatic carbocycles. The van der Waals surface area contributed by atoms with Crippen LogP contribution in [-0.2, 0) is 6.61 Å². The van der Waals surface area contributed by atoms with Gasteiger partial charge < -0.3 is 20.1 Å². The molecule has 0 amide bonds. The van der Waals surface area contributed by atoms with E-state index in [1.807, 2.05) is 36.4 Å². The van der Waals surface area contributed by atoms with Gasteiger partial charge in [-0.1, -0.05) is 18.2 Å². The Morgan fingerprint density at radius 3 is 2.32 bits per heavy atom. The fourth-order valence-corrected chi connectivity index (χ4v) is 5.87. The first-order valence-electron chi connectivity index (χ1n) is 13.3. The van der Waals surface area contributed by atoms with Crippen molar-refractivity contribution in [3.8, 4) is 17.2 Å². The highest BCUT2D eigenvalue weighted by molar-refractivity contribution is 5.87. The van der Waals surface area contributed by atoms with E-state index in [9.17, 15) is 0 Å². The van der Waals surface area contributed by atoms with Gasteiger partial charge in [0.05, 0.1) is 12.8 Å². The van der Waals surface area contributed by atoms with Crippen LogP contribution < -0.4 is 20.1 Å². The summed E-state index contributed by atoms with van der Waals surface area (Å²) < 4.78 is 13.7. The van der Waals surface area contributed by atoms with Gasteiger partial charge in [0.1, 0.15) is 35.4 Å². The van der Waals surface area contributed by atoms with E-state index in [2.05, 4.69) is 42.4 Å². The van der Waals surface area contributed by atoms with Crippen LogP contribution in [-0.4, -0.2) is 29.8 Å². The molecule has 1 aliphatic heterocycles. The fraction of sp³-hybridized carbons (Fsp3) is 0.387. The lowest BCUT2D eigenvalue weighted by Crippen LogP contribution is -2.35. The highest BCUT2D eigenvalue weighted by Crippen LogP contribution is 2.54. The Balaban J connectivity index is 1.35. The number of methoxy groups -OCH3 is 1. The molecule has 3 heterocycles. The number of nitrogen functional groups attached to an aromatic ring is 1. The molecule has 2 aromatic heterocycles. The summed E-state index contributed by atoms with van der Waals surface area (Å²) in [5.74, 6) is 3.46. The van der Waals surface area contributed by atoms with Crippen molar-refractivity contribution in [2.24, 2.45) is 5.41 Å². The molecule has 1 saturated carbocycles. The van der Waals surface area contributed by atoms with Gasteiger partial charge in [0, 0.05) is 24.0 Å². The molecule has 37 heavy (non-hydrogen) atoms. The Morgan fingerprint density at radius 1 is 0.919 bits per heavy atom. The zero-order valence-corrected chi connectivity index (χ0v) is 22.3. The number of benzene rings is 2. The third kappa shape index (κ3) is 4.28. The fourth-order valence-electron chi connectivity index (χ4n) is 5.87. The number of fused-ring (bicyclic) bond motifs is 1. The molecule has 0 unspecified atom stereocenters. The van der Waals surface area contributed by atoms with Gasteiger partial charge in [-0.2, -0.15) is 0 Å². The summed E-state index contributed by atoms with van der Waals surface area (Å²) in [7, 11) is 1.67. The van der Waals surface area contributed by atoms with Crippen LogP contribution >= 0.6 is 0 Å². The monoisotopic (exact) mass is 496 g/mol. The lowest BCUT2D eigenvalue weighted by Gasteiger charge is -2.34. The minimum atomic E-state index is 0.479. The van der Waals surface area contributed by atoms with E-state index in [1.165, 1.54) is 31.2 Å². The molecule has 6 rings (SSSR count). The van der Waals surface area contributed by atoms with Crippen molar-refractivity contribution < 1.29 is 9.47 Å². The number of nitrogens with zero attached hydrogens (tertiary/aromatic N) is 3. The van der Waals surface area contributed by atoms with Crippen LogP contribution in [0.2, 0.25) is 0 Å². The van der Waals surface area contributed by atoms with Crippen LogP contribution in [0.25, 0.3) is 16.7 Å². The van der Waals surface area contributed by atoms with Crippen molar-refractivity contribution in [2.75, 3.05) is 30.8 Å². The number of hydrogen-bond donors (Lipinski definition) is 1. The topological polar surface area (TPSA) is 65.5 Å². The van der Waals surface area contributed by atoms with Gasteiger partial charge in [-0.15, -0.1) is 0 Å². The molecule has 0 bridgehead atoms. The molecular weight excluding hydrogens is 460 g/mol. The van der Waals surface area contributed by atoms with E-state index in [0.717, 1.165) is 63.8 Å². The number of piperidine rings is 1. The van der Waals surface area contributed by atoms with Crippen molar-refractivity contribution >= 4 is 22.7 Å². The zero-order chi connectivity index (χ0) is 25.7. The molecule has 6 nitrogen and oxygen atoms in total. The van der Waals surface area contributed by atoms with E-state index < -0.39 is 0 Å². The quantitative estimate of drug-likeness (QED) is 0.330. The maximum absolute atomic E-state index is 6.64. The van der Waals surface area contributed by atoms with Crippen LogP contribution in [0.1, 0.15) is 47.9 Å². The maximum Gasteiger partial charge on any atom is 0.148 e. The average Bonchev–Trinajstić information content (AvgIpc) is 3.58. The third-order valence-corrected chi connectivity index (χ3v) is 8.41. The minimum absolute atomic E-state index is 0.479. The number of pyridine rings is 1. The van der Waals surface area contributed by atoms with E-state index in [-0.39, 0.29) is 0 Å². The first-order valence-corrected chi connectivity index (χ1v) is 13.3. The van der Waals surface area contributed by atoms with Crippen LogP contribution in [0.5, 0.6) is 11.5 Å². The van der Waals surface area contributed by atoms with Gasteiger partial charge in [0.25, 0.3) is 0 Å². The van der Waals surface area contributed by atoms with Crippen molar-refractivity contribution in [3.63, 3.8) is 0 Å². The summed E-state index contributed by atoms with van der Waals surface area (Å²) in [6.07, 6.45) is 5.37. The molecule has 1 spiro atoms. The summed E-state index contributed by atoms with van der Waals surface area (Å²) in [4.78, 5) is 7.71. The molecule has 0 radical (unpaired) electrons.